The highest BCUT2D eigenvalue weighted by atomic mass is 28.4. The number of carbonyl (C=O) groups is 1. The number of aromatic nitrogens is 1. The number of carbonyl (C=O) groups excluding carboxylic acids is 1. The summed E-state index contributed by atoms with van der Waals surface area (Å²) in [4.78, 5) is 18.0. The van der Waals surface area contributed by atoms with Gasteiger partial charge >= 0.3 is 0 Å². The van der Waals surface area contributed by atoms with Gasteiger partial charge in [0.25, 0.3) is 8.32 Å². The molecule has 0 aliphatic carbocycles. The van der Waals surface area contributed by atoms with Crippen molar-refractivity contribution in [2.24, 2.45) is 0 Å². The number of benzene rings is 2. The van der Waals surface area contributed by atoms with Gasteiger partial charge in [-0.3, -0.25) is 4.79 Å². The molecule has 0 N–H and O–H groups in total. The number of nitrogens with zero attached hydrogens (tertiary/aromatic N) is 1. The van der Waals surface area contributed by atoms with Gasteiger partial charge in [0, 0.05) is 10.9 Å². The van der Waals surface area contributed by atoms with Crippen LogP contribution in [0.5, 0.6) is 28.7 Å². The van der Waals surface area contributed by atoms with Crippen molar-refractivity contribution in [2.45, 2.75) is 38.9 Å². The van der Waals surface area contributed by atoms with Crippen LogP contribution in [0.4, 0.5) is 0 Å². The summed E-state index contributed by atoms with van der Waals surface area (Å²) in [7, 11) is 4.02. The minimum atomic E-state index is -2.14. The first kappa shape index (κ1) is 25.4. The Hall–Kier alpha value is -3.26. The van der Waals surface area contributed by atoms with Crippen LogP contribution in [0.2, 0.25) is 18.1 Å². The maximum Gasteiger partial charge on any atom is 0.250 e. The lowest BCUT2D eigenvalue weighted by Gasteiger charge is -2.37. The Morgan fingerprint density at radius 1 is 0.794 bits per heavy atom. The number of ether oxygens (including phenoxy) is 4. The Morgan fingerprint density at radius 3 is 1.88 bits per heavy atom. The molecule has 0 fully saturated rings. The van der Waals surface area contributed by atoms with E-state index in [1.807, 2.05) is 18.2 Å². The van der Waals surface area contributed by atoms with Gasteiger partial charge in [-0.2, -0.15) is 0 Å². The average Bonchev–Trinajstić information content (AvgIpc) is 2.81. The van der Waals surface area contributed by atoms with Gasteiger partial charge in [0.05, 0.1) is 34.0 Å². The summed E-state index contributed by atoms with van der Waals surface area (Å²) in [6.07, 6.45) is 0. The monoisotopic (exact) mass is 483 g/mol. The van der Waals surface area contributed by atoms with Crippen LogP contribution >= 0.6 is 0 Å². The molecule has 3 rings (SSSR count). The van der Waals surface area contributed by atoms with Crippen LogP contribution in [0.1, 0.15) is 36.8 Å². The van der Waals surface area contributed by atoms with E-state index in [0.717, 1.165) is 5.39 Å². The fourth-order valence-electron chi connectivity index (χ4n) is 3.32. The zero-order valence-corrected chi connectivity index (χ0v) is 22.4. The second kappa shape index (κ2) is 9.54. The molecular weight excluding hydrogens is 450 g/mol. The molecule has 0 radical (unpaired) electrons. The van der Waals surface area contributed by atoms with Crippen LogP contribution in [0.25, 0.3) is 10.9 Å². The van der Waals surface area contributed by atoms with Crippen molar-refractivity contribution in [3.05, 3.63) is 47.7 Å². The van der Waals surface area contributed by atoms with E-state index in [2.05, 4.69) is 38.8 Å². The maximum atomic E-state index is 13.3. The van der Waals surface area contributed by atoms with Crippen molar-refractivity contribution in [2.75, 3.05) is 28.4 Å². The lowest BCUT2D eigenvalue weighted by atomic mass is 10.0. The van der Waals surface area contributed by atoms with E-state index >= 15 is 0 Å². The quantitative estimate of drug-likeness (QED) is 0.292. The molecule has 1 aromatic heterocycles. The van der Waals surface area contributed by atoms with Crippen molar-refractivity contribution in [3.8, 4) is 28.7 Å². The predicted octanol–water partition coefficient (Wildman–Crippen LogP) is 5.88. The molecule has 1 heterocycles. The van der Waals surface area contributed by atoms with Crippen LogP contribution in [-0.4, -0.2) is 47.5 Å². The van der Waals surface area contributed by atoms with Gasteiger partial charge in [-0.25, -0.2) is 4.98 Å². The first-order valence-electron chi connectivity index (χ1n) is 11.0. The van der Waals surface area contributed by atoms with Gasteiger partial charge < -0.3 is 23.4 Å². The van der Waals surface area contributed by atoms with E-state index in [4.69, 9.17) is 23.4 Å². The standard InChI is InChI=1S/C26H33NO6Si/c1-26(2,3)34(8,9)33-24-17-10-11-19(27-18(17)12-13-20(24)29-4)23(28)16-14-21(30-5)25(32-7)22(15-16)31-6/h10-15H,1-9H3. The number of ketones is 1. The zero-order valence-electron chi connectivity index (χ0n) is 21.4. The summed E-state index contributed by atoms with van der Waals surface area (Å²) in [5.41, 5.74) is 1.32. The normalized spacial score (nSPS) is 11.8. The summed E-state index contributed by atoms with van der Waals surface area (Å²) in [6.45, 7) is 10.9. The predicted molar refractivity (Wildman–Crippen MR) is 136 cm³/mol. The highest BCUT2D eigenvalue weighted by molar-refractivity contribution is 6.74. The van der Waals surface area contributed by atoms with Crippen molar-refractivity contribution < 1.29 is 28.2 Å². The molecule has 0 atom stereocenters. The molecule has 7 nitrogen and oxygen atoms in total. The number of rotatable bonds is 8. The smallest absolute Gasteiger partial charge is 0.250 e. The zero-order chi connectivity index (χ0) is 25.3. The number of pyridine rings is 1. The van der Waals surface area contributed by atoms with E-state index in [0.29, 0.717) is 45.5 Å². The Morgan fingerprint density at radius 2 is 1.38 bits per heavy atom. The van der Waals surface area contributed by atoms with Gasteiger partial charge in [0.15, 0.2) is 23.0 Å². The third-order valence-corrected chi connectivity index (χ3v) is 10.7. The number of fused-ring (bicyclic) bond motifs is 1. The lowest BCUT2D eigenvalue weighted by molar-refractivity contribution is 0.103. The third kappa shape index (κ3) is 4.68. The molecule has 3 aromatic rings. The topological polar surface area (TPSA) is 76.1 Å². The second-order valence-electron chi connectivity index (χ2n) is 9.47. The summed E-state index contributed by atoms with van der Waals surface area (Å²) in [6, 6.07) is 10.5. The summed E-state index contributed by atoms with van der Waals surface area (Å²) < 4.78 is 28.3. The Labute approximate surface area is 202 Å². The van der Waals surface area contributed by atoms with Gasteiger partial charge in [-0.1, -0.05) is 20.8 Å². The van der Waals surface area contributed by atoms with Gasteiger partial charge in [-0.15, -0.1) is 0 Å². The van der Waals surface area contributed by atoms with Crippen LogP contribution < -0.4 is 23.4 Å². The molecule has 0 bridgehead atoms. The van der Waals surface area contributed by atoms with Gasteiger partial charge in [0.1, 0.15) is 5.69 Å². The van der Waals surface area contributed by atoms with Crippen molar-refractivity contribution in [1.82, 2.24) is 4.98 Å². The van der Waals surface area contributed by atoms with Crippen LogP contribution in [0.15, 0.2) is 36.4 Å². The Balaban J connectivity index is 2.09. The molecule has 0 aliphatic rings. The van der Waals surface area contributed by atoms with Crippen molar-refractivity contribution >= 4 is 25.0 Å². The third-order valence-electron chi connectivity index (χ3n) is 6.33. The largest absolute Gasteiger partial charge is 0.541 e. The number of hydrogen-bond donors (Lipinski definition) is 0. The minimum absolute atomic E-state index is 0.00991. The summed E-state index contributed by atoms with van der Waals surface area (Å²) >= 11 is 0. The first-order chi connectivity index (χ1) is 16.0. The lowest BCUT2D eigenvalue weighted by Crippen LogP contribution is -2.44. The van der Waals surface area contributed by atoms with Crippen LogP contribution in [-0.2, 0) is 0 Å². The van der Waals surface area contributed by atoms with E-state index < -0.39 is 8.32 Å². The van der Waals surface area contributed by atoms with E-state index in [-0.39, 0.29) is 10.8 Å². The molecule has 182 valence electrons. The molecule has 0 spiro atoms. The van der Waals surface area contributed by atoms with E-state index in [1.165, 1.54) is 21.3 Å². The summed E-state index contributed by atoms with van der Waals surface area (Å²) in [5, 5.41) is 0.807. The molecule has 0 saturated heterocycles. The minimum Gasteiger partial charge on any atom is -0.541 e. The first-order valence-corrected chi connectivity index (χ1v) is 13.9. The Kier molecular flexibility index (Phi) is 7.12. The fourth-order valence-corrected chi connectivity index (χ4v) is 4.34. The highest BCUT2D eigenvalue weighted by Crippen LogP contribution is 2.43. The second-order valence-corrected chi connectivity index (χ2v) is 14.2. The SMILES string of the molecule is COc1cc(C(=O)c2ccc3c(O[Si](C)(C)C(C)(C)C)c(OC)ccc3n2)cc(OC)c1OC. The molecule has 34 heavy (non-hydrogen) atoms. The van der Waals surface area contributed by atoms with Crippen LogP contribution in [0, 0.1) is 0 Å². The molecule has 0 amide bonds. The fraction of sp³-hybridized carbons (Fsp3) is 0.385. The van der Waals surface area contributed by atoms with Gasteiger partial charge in [-0.05, 0) is 54.5 Å². The average molecular weight is 484 g/mol. The molecule has 0 unspecified atom stereocenters. The van der Waals surface area contributed by atoms with Crippen molar-refractivity contribution in [3.63, 3.8) is 0 Å². The molecule has 8 heteroatoms. The van der Waals surface area contributed by atoms with Gasteiger partial charge in [0.2, 0.25) is 11.5 Å². The van der Waals surface area contributed by atoms with E-state index in [9.17, 15) is 4.79 Å². The molecule has 0 saturated carbocycles. The molecule has 0 aliphatic heterocycles. The molecule has 2 aromatic carbocycles. The molecular formula is C26H33NO6Si. The summed E-state index contributed by atoms with van der Waals surface area (Å²) in [5.74, 6) is 2.27. The number of hydrogen-bond acceptors (Lipinski definition) is 7. The van der Waals surface area contributed by atoms with E-state index in [1.54, 1.807) is 25.3 Å². The Bertz CT molecular complexity index is 1190. The number of methoxy groups -OCH3 is 4. The highest BCUT2D eigenvalue weighted by Gasteiger charge is 2.40. The van der Waals surface area contributed by atoms with Crippen molar-refractivity contribution in [1.29, 1.82) is 0 Å². The van der Waals surface area contributed by atoms with Crippen LogP contribution in [0.3, 0.4) is 0 Å². The maximum absolute atomic E-state index is 13.3.